The molecule has 0 amide bonds. The van der Waals surface area contributed by atoms with Crippen LogP contribution in [-0.2, 0) is 23.4 Å². The molecule has 0 aliphatic heterocycles. The molecule has 0 saturated carbocycles. The lowest BCUT2D eigenvalue weighted by molar-refractivity contribution is 0.227. The van der Waals surface area contributed by atoms with E-state index in [2.05, 4.69) is 4.18 Å². The van der Waals surface area contributed by atoms with Crippen molar-refractivity contribution in [3.63, 3.8) is 0 Å². The maximum absolute atomic E-state index is 13.5. The summed E-state index contributed by atoms with van der Waals surface area (Å²) in [7, 11) is -8.05. The van der Waals surface area contributed by atoms with Gasteiger partial charge in [0.1, 0.15) is 18.0 Å². The Labute approximate surface area is 122 Å². The van der Waals surface area contributed by atoms with Crippen molar-refractivity contribution in [2.45, 2.75) is 31.8 Å². The fourth-order valence-corrected chi connectivity index (χ4v) is 4.60. The Morgan fingerprint density at radius 2 is 1.76 bits per heavy atom. The van der Waals surface area contributed by atoms with Gasteiger partial charge in [-0.05, 0) is 26.0 Å². The maximum atomic E-state index is 13.5. The van der Waals surface area contributed by atoms with Crippen LogP contribution in [0.4, 0.5) is 8.78 Å². The van der Waals surface area contributed by atoms with Crippen molar-refractivity contribution in [2.75, 3.05) is 12.5 Å². The summed E-state index contributed by atoms with van der Waals surface area (Å²) in [6.45, 7) is 4.81. The Morgan fingerprint density at radius 1 is 1.24 bits per heavy atom. The third kappa shape index (κ3) is 4.85. The summed E-state index contributed by atoms with van der Waals surface area (Å²) in [5.74, 6) is -2.54. The van der Waals surface area contributed by atoms with Crippen LogP contribution in [0, 0.1) is 11.6 Å². The lowest BCUT2D eigenvalue weighted by Gasteiger charge is -2.19. The van der Waals surface area contributed by atoms with E-state index in [1.54, 1.807) is 20.8 Å². The molecule has 0 saturated heterocycles. The fraction of sp³-hybridized carbons (Fsp3) is 0.500. The molecule has 0 aliphatic rings. The fourth-order valence-electron chi connectivity index (χ4n) is 1.51. The summed E-state index contributed by atoms with van der Waals surface area (Å²) >= 11 is 0. The lowest BCUT2D eigenvalue weighted by atomic mass is 10.3. The van der Waals surface area contributed by atoms with E-state index in [0.29, 0.717) is 0 Å². The van der Waals surface area contributed by atoms with E-state index in [9.17, 15) is 21.8 Å². The molecule has 1 aromatic carbocycles. The molecule has 1 rings (SSSR count). The van der Waals surface area contributed by atoms with Crippen molar-refractivity contribution in [2.24, 2.45) is 0 Å². The second-order valence-corrected chi connectivity index (χ2v) is 8.82. The van der Waals surface area contributed by atoms with Crippen LogP contribution in [0.3, 0.4) is 0 Å². The van der Waals surface area contributed by atoms with Crippen LogP contribution < -0.4 is 0 Å². The van der Waals surface area contributed by atoms with Crippen molar-refractivity contribution in [1.29, 1.82) is 0 Å². The smallest absolute Gasteiger partial charge is 0.303 e. The normalized spacial score (nSPS) is 15.1. The zero-order valence-corrected chi connectivity index (χ0v) is 13.6. The molecule has 0 spiro atoms. The number of rotatable bonds is 7. The first-order valence-corrected chi connectivity index (χ1v) is 9.61. The highest BCUT2D eigenvalue weighted by atomic mass is 32.2. The van der Waals surface area contributed by atoms with E-state index in [0.717, 1.165) is 18.2 Å². The minimum absolute atomic E-state index is 0.0421. The second-order valence-electron chi connectivity index (χ2n) is 4.54. The Kier molecular flexibility index (Phi) is 6.04. The van der Waals surface area contributed by atoms with Crippen molar-refractivity contribution in [3.8, 4) is 0 Å². The average molecular weight is 342 g/mol. The molecular weight excluding hydrogens is 325 g/mol. The molecule has 21 heavy (non-hydrogen) atoms. The summed E-state index contributed by atoms with van der Waals surface area (Å²) in [5.41, 5.74) is 0. The van der Waals surface area contributed by atoms with Gasteiger partial charge in [0.15, 0.2) is 4.90 Å². The number of hydrogen-bond donors (Lipinski definition) is 0. The van der Waals surface area contributed by atoms with E-state index >= 15 is 0 Å². The number of hydrogen-bond acceptors (Lipinski definition) is 5. The van der Waals surface area contributed by atoms with Crippen molar-refractivity contribution in [3.05, 3.63) is 29.8 Å². The number of halogens is 2. The topological polar surface area (TPSA) is 69.7 Å². The Hall–Kier alpha value is -0.820. The van der Waals surface area contributed by atoms with Crippen LogP contribution in [0.15, 0.2) is 23.1 Å². The zero-order chi connectivity index (χ0) is 16.3. The minimum Gasteiger partial charge on any atom is -0.324 e. The summed E-state index contributed by atoms with van der Waals surface area (Å²) in [6, 6.07) is 2.62. The van der Waals surface area contributed by atoms with Gasteiger partial charge in [0, 0.05) is 6.16 Å². The largest absolute Gasteiger partial charge is 0.324 e. The third-order valence-corrected chi connectivity index (χ3v) is 6.24. The molecular formula is C12H17F2O5PS. The van der Waals surface area contributed by atoms with Crippen LogP contribution in [0.25, 0.3) is 0 Å². The summed E-state index contributed by atoms with van der Waals surface area (Å²) in [6.07, 6.45) is -1.12. The van der Waals surface area contributed by atoms with Gasteiger partial charge in [0.25, 0.3) is 0 Å². The maximum Gasteiger partial charge on any atom is 0.303 e. The molecule has 0 aliphatic carbocycles. The molecule has 120 valence electrons. The van der Waals surface area contributed by atoms with Crippen molar-refractivity contribution >= 4 is 17.5 Å². The van der Waals surface area contributed by atoms with Gasteiger partial charge in [-0.15, -0.1) is 0 Å². The molecule has 0 aromatic heterocycles. The molecule has 0 fully saturated rings. The van der Waals surface area contributed by atoms with Gasteiger partial charge in [0.05, 0.1) is 6.10 Å². The van der Waals surface area contributed by atoms with Crippen LogP contribution in [0.1, 0.15) is 20.8 Å². The molecule has 0 radical (unpaired) electrons. The summed E-state index contributed by atoms with van der Waals surface area (Å²) in [5, 5.41) is 0. The summed E-state index contributed by atoms with van der Waals surface area (Å²) in [4.78, 5) is -1.20. The minimum atomic E-state index is -4.70. The highest BCUT2D eigenvalue weighted by Gasteiger charge is 2.30. The first kappa shape index (κ1) is 18.2. The predicted octanol–water partition coefficient (Wildman–Crippen LogP) is 3.35. The van der Waals surface area contributed by atoms with Gasteiger partial charge >= 0.3 is 10.1 Å². The monoisotopic (exact) mass is 342 g/mol. The van der Waals surface area contributed by atoms with E-state index in [4.69, 9.17) is 4.52 Å². The molecule has 1 unspecified atom stereocenters. The van der Waals surface area contributed by atoms with Gasteiger partial charge in [-0.2, -0.15) is 8.42 Å². The molecule has 1 atom stereocenters. The van der Waals surface area contributed by atoms with Crippen LogP contribution in [-0.4, -0.2) is 27.0 Å². The molecule has 0 bridgehead atoms. The highest BCUT2D eigenvalue weighted by Crippen LogP contribution is 2.48. The van der Waals surface area contributed by atoms with E-state index < -0.39 is 46.5 Å². The van der Waals surface area contributed by atoms with Crippen LogP contribution in [0.2, 0.25) is 0 Å². The Morgan fingerprint density at radius 3 is 2.19 bits per heavy atom. The predicted molar refractivity (Wildman–Crippen MR) is 73.9 cm³/mol. The van der Waals surface area contributed by atoms with E-state index in [1.165, 1.54) is 0 Å². The molecule has 5 nitrogen and oxygen atoms in total. The molecule has 0 heterocycles. The SMILES string of the molecule is CCP(=O)(COS(=O)(=O)c1c(F)cccc1F)OC(C)C. The number of benzene rings is 1. The van der Waals surface area contributed by atoms with Crippen molar-refractivity contribution < 1.29 is 30.5 Å². The zero-order valence-electron chi connectivity index (χ0n) is 11.9. The third-order valence-electron chi connectivity index (χ3n) is 2.46. The first-order valence-electron chi connectivity index (χ1n) is 6.21. The van der Waals surface area contributed by atoms with Crippen molar-refractivity contribution in [1.82, 2.24) is 0 Å². The quantitative estimate of drug-likeness (QED) is 0.561. The summed E-state index contributed by atoms with van der Waals surface area (Å²) < 4.78 is 72.5. The van der Waals surface area contributed by atoms with Gasteiger partial charge in [-0.25, -0.2) is 8.78 Å². The second kappa shape index (κ2) is 6.96. The standard InChI is InChI=1S/C12H17F2O5PS/c1-4-20(15,19-9(2)3)8-18-21(16,17)12-10(13)6-5-7-11(12)14/h5-7,9H,4,8H2,1-3H3. The van der Waals surface area contributed by atoms with Crippen LogP contribution in [0.5, 0.6) is 0 Å². The Balaban J connectivity index is 2.99. The van der Waals surface area contributed by atoms with Gasteiger partial charge in [-0.3, -0.25) is 8.75 Å². The van der Waals surface area contributed by atoms with E-state index in [-0.39, 0.29) is 6.16 Å². The van der Waals surface area contributed by atoms with Crippen LogP contribution >= 0.6 is 7.37 Å². The lowest BCUT2D eigenvalue weighted by Crippen LogP contribution is -2.14. The molecule has 0 N–H and O–H groups in total. The van der Waals surface area contributed by atoms with Gasteiger partial charge in [0.2, 0.25) is 7.37 Å². The van der Waals surface area contributed by atoms with Gasteiger partial charge < -0.3 is 4.52 Å². The van der Waals surface area contributed by atoms with E-state index in [1.807, 2.05) is 0 Å². The first-order chi connectivity index (χ1) is 9.61. The van der Waals surface area contributed by atoms with Gasteiger partial charge in [-0.1, -0.05) is 13.0 Å². The highest BCUT2D eigenvalue weighted by molar-refractivity contribution is 7.87. The average Bonchev–Trinajstić information content (AvgIpc) is 2.35. The molecule has 9 heteroatoms. The molecule has 1 aromatic rings. The Bertz CT molecular complexity index is 625.